The molecule has 3 rings (SSSR count). The summed E-state index contributed by atoms with van der Waals surface area (Å²) in [5.41, 5.74) is 4.40. The molecule has 0 unspecified atom stereocenters. The Bertz CT molecular complexity index is 937. The van der Waals surface area contributed by atoms with E-state index < -0.39 is 0 Å². The highest BCUT2D eigenvalue weighted by molar-refractivity contribution is 5.94. The van der Waals surface area contributed by atoms with Crippen molar-refractivity contribution in [3.05, 3.63) is 71.9 Å². The first-order valence-corrected chi connectivity index (χ1v) is 9.36. The van der Waals surface area contributed by atoms with Gasteiger partial charge in [-0.2, -0.15) is 0 Å². The van der Waals surface area contributed by atoms with Gasteiger partial charge in [-0.15, -0.1) is 0 Å². The van der Waals surface area contributed by atoms with Crippen LogP contribution in [0.4, 0.5) is 0 Å². The van der Waals surface area contributed by atoms with Crippen LogP contribution in [0.1, 0.15) is 16.1 Å². The second kappa shape index (κ2) is 8.76. The standard InChI is InChI=1S/C23H26N4O/c1-17-16-21(25-22(24-17)19-8-6-5-7-9-19)18-10-12-20(13-11-18)23(28)27(4)15-14-26(2)3/h5-13,16H,14-15H2,1-4H3. The highest BCUT2D eigenvalue weighted by Crippen LogP contribution is 2.23. The fourth-order valence-corrected chi connectivity index (χ4v) is 2.89. The van der Waals surface area contributed by atoms with E-state index in [1.807, 2.05) is 88.7 Å². The minimum atomic E-state index is 0.0252. The SMILES string of the molecule is Cc1cc(-c2ccc(C(=O)N(C)CCN(C)C)cc2)nc(-c2ccccc2)n1. The maximum Gasteiger partial charge on any atom is 0.253 e. The van der Waals surface area contributed by atoms with Crippen LogP contribution in [0.2, 0.25) is 0 Å². The van der Waals surface area contributed by atoms with E-state index in [9.17, 15) is 4.79 Å². The molecule has 0 N–H and O–H groups in total. The van der Waals surface area contributed by atoms with Crippen molar-refractivity contribution in [1.82, 2.24) is 19.8 Å². The number of aromatic nitrogens is 2. The zero-order valence-corrected chi connectivity index (χ0v) is 16.9. The summed E-state index contributed by atoms with van der Waals surface area (Å²) >= 11 is 0. The van der Waals surface area contributed by atoms with E-state index >= 15 is 0 Å². The van der Waals surface area contributed by atoms with Crippen LogP contribution in [0.3, 0.4) is 0 Å². The number of carbonyl (C=O) groups is 1. The summed E-state index contributed by atoms with van der Waals surface area (Å²) in [5.74, 6) is 0.733. The van der Waals surface area contributed by atoms with Gasteiger partial charge in [-0.05, 0) is 39.2 Å². The summed E-state index contributed by atoms with van der Waals surface area (Å²) in [6, 6.07) is 19.5. The van der Waals surface area contributed by atoms with Crippen molar-refractivity contribution in [2.75, 3.05) is 34.2 Å². The van der Waals surface area contributed by atoms with Gasteiger partial charge in [0.05, 0.1) is 5.69 Å². The zero-order valence-electron chi connectivity index (χ0n) is 16.9. The zero-order chi connectivity index (χ0) is 20.1. The second-order valence-corrected chi connectivity index (χ2v) is 7.19. The van der Waals surface area contributed by atoms with E-state index in [1.54, 1.807) is 4.90 Å². The van der Waals surface area contributed by atoms with Crippen LogP contribution in [0.25, 0.3) is 22.6 Å². The number of aryl methyl sites for hydroxylation is 1. The molecule has 1 amide bonds. The number of hydrogen-bond donors (Lipinski definition) is 0. The molecule has 0 saturated heterocycles. The maximum absolute atomic E-state index is 12.6. The lowest BCUT2D eigenvalue weighted by Crippen LogP contribution is -2.33. The molecule has 5 heteroatoms. The average molecular weight is 374 g/mol. The lowest BCUT2D eigenvalue weighted by atomic mass is 10.1. The molecule has 2 aromatic carbocycles. The fraction of sp³-hybridized carbons (Fsp3) is 0.261. The third-order valence-corrected chi connectivity index (χ3v) is 4.54. The molecule has 5 nitrogen and oxygen atoms in total. The summed E-state index contributed by atoms with van der Waals surface area (Å²) in [4.78, 5) is 25.7. The van der Waals surface area contributed by atoms with Crippen molar-refractivity contribution in [2.45, 2.75) is 6.92 Å². The third kappa shape index (κ3) is 4.81. The van der Waals surface area contributed by atoms with Gasteiger partial charge in [-0.3, -0.25) is 4.79 Å². The lowest BCUT2D eigenvalue weighted by Gasteiger charge is -2.19. The molecule has 0 aliphatic rings. The molecular formula is C23H26N4O. The third-order valence-electron chi connectivity index (χ3n) is 4.54. The molecule has 1 aromatic heterocycles. The Labute approximate surface area is 166 Å². The first-order chi connectivity index (χ1) is 13.4. The molecule has 28 heavy (non-hydrogen) atoms. The van der Waals surface area contributed by atoms with Crippen LogP contribution < -0.4 is 0 Å². The minimum Gasteiger partial charge on any atom is -0.340 e. The highest BCUT2D eigenvalue weighted by atomic mass is 16.2. The Morgan fingerprint density at radius 3 is 2.18 bits per heavy atom. The molecule has 0 spiro atoms. The van der Waals surface area contributed by atoms with Crippen LogP contribution >= 0.6 is 0 Å². The molecule has 0 atom stereocenters. The Balaban J connectivity index is 1.82. The summed E-state index contributed by atoms with van der Waals surface area (Å²) in [5, 5.41) is 0. The quantitative estimate of drug-likeness (QED) is 0.659. The number of rotatable bonds is 6. The van der Waals surface area contributed by atoms with Crippen molar-refractivity contribution in [3.8, 4) is 22.6 Å². The van der Waals surface area contributed by atoms with Gasteiger partial charge in [0.2, 0.25) is 0 Å². The van der Waals surface area contributed by atoms with Gasteiger partial charge in [0.25, 0.3) is 5.91 Å². The minimum absolute atomic E-state index is 0.0252. The van der Waals surface area contributed by atoms with Crippen molar-refractivity contribution in [1.29, 1.82) is 0 Å². The maximum atomic E-state index is 12.6. The van der Waals surface area contributed by atoms with Gasteiger partial charge in [0, 0.05) is 42.5 Å². The number of carbonyl (C=O) groups excluding carboxylic acids is 1. The van der Waals surface area contributed by atoms with Crippen LogP contribution in [0.5, 0.6) is 0 Å². The van der Waals surface area contributed by atoms with Crippen molar-refractivity contribution in [2.24, 2.45) is 0 Å². The molecule has 0 aliphatic carbocycles. The van der Waals surface area contributed by atoms with E-state index in [4.69, 9.17) is 4.98 Å². The average Bonchev–Trinajstić information content (AvgIpc) is 2.71. The van der Waals surface area contributed by atoms with Crippen molar-refractivity contribution < 1.29 is 4.79 Å². The molecule has 3 aromatic rings. The van der Waals surface area contributed by atoms with Gasteiger partial charge in [0.1, 0.15) is 0 Å². The number of hydrogen-bond acceptors (Lipinski definition) is 4. The second-order valence-electron chi connectivity index (χ2n) is 7.19. The molecule has 0 fully saturated rings. The Kier molecular flexibility index (Phi) is 6.16. The summed E-state index contributed by atoms with van der Waals surface area (Å²) in [7, 11) is 5.83. The Morgan fingerprint density at radius 1 is 0.857 bits per heavy atom. The van der Waals surface area contributed by atoms with Gasteiger partial charge in [-0.25, -0.2) is 9.97 Å². The number of nitrogens with zero attached hydrogens (tertiary/aromatic N) is 4. The van der Waals surface area contributed by atoms with E-state index in [0.29, 0.717) is 17.9 Å². The predicted octanol–water partition coefficient (Wildman–Crippen LogP) is 3.75. The largest absolute Gasteiger partial charge is 0.340 e. The number of likely N-dealkylation sites (N-methyl/N-ethyl adjacent to an activating group) is 2. The van der Waals surface area contributed by atoms with Crippen molar-refractivity contribution >= 4 is 5.91 Å². The molecule has 144 valence electrons. The Morgan fingerprint density at radius 2 is 1.54 bits per heavy atom. The molecular weight excluding hydrogens is 348 g/mol. The van der Waals surface area contributed by atoms with Crippen molar-refractivity contribution in [3.63, 3.8) is 0 Å². The predicted molar refractivity (Wildman–Crippen MR) is 113 cm³/mol. The van der Waals surface area contributed by atoms with Crippen LogP contribution in [-0.4, -0.2) is 59.9 Å². The smallest absolute Gasteiger partial charge is 0.253 e. The van der Waals surface area contributed by atoms with Crippen LogP contribution in [0, 0.1) is 6.92 Å². The first-order valence-electron chi connectivity index (χ1n) is 9.36. The topological polar surface area (TPSA) is 49.3 Å². The lowest BCUT2D eigenvalue weighted by molar-refractivity contribution is 0.0786. The first kappa shape index (κ1) is 19.7. The van der Waals surface area contributed by atoms with Gasteiger partial charge < -0.3 is 9.80 Å². The fourth-order valence-electron chi connectivity index (χ4n) is 2.89. The Hall–Kier alpha value is -3.05. The molecule has 0 saturated carbocycles. The van der Waals surface area contributed by atoms with Crippen LogP contribution in [-0.2, 0) is 0 Å². The van der Waals surface area contributed by atoms with Gasteiger partial charge >= 0.3 is 0 Å². The highest BCUT2D eigenvalue weighted by Gasteiger charge is 2.13. The van der Waals surface area contributed by atoms with Crippen LogP contribution in [0.15, 0.2) is 60.7 Å². The molecule has 0 aliphatic heterocycles. The summed E-state index contributed by atoms with van der Waals surface area (Å²) < 4.78 is 0. The molecule has 0 radical (unpaired) electrons. The van der Waals surface area contributed by atoms with Gasteiger partial charge in [-0.1, -0.05) is 42.5 Å². The summed E-state index contributed by atoms with van der Waals surface area (Å²) in [6.45, 7) is 3.50. The van der Waals surface area contributed by atoms with E-state index in [2.05, 4.69) is 9.88 Å². The number of amides is 1. The molecule has 1 heterocycles. The monoisotopic (exact) mass is 374 g/mol. The van der Waals surface area contributed by atoms with E-state index in [1.165, 1.54) is 0 Å². The van der Waals surface area contributed by atoms with Gasteiger partial charge in [0.15, 0.2) is 5.82 Å². The van der Waals surface area contributed by atoms with E-state index in [0.717, 1.165) is 29.1 Å². The summed E-state index contributed by atoms with van der Waals surface area (Å²) in [6.07, 6.45) is 0. The normalized spacial score (nSPS) is 10.9. The van der Waals surface area contributed by atoms with E-state index in [-0.39, 0.29) is 5.91 Å². The number of benzene rings is 2. The molecule has 0 bridgehead atoms.